The summed E-state index contributed by atoms with van der Waals surface area (Å²) in [6.07, 6.45) is 1.46. The van der Waals surface area contributed by atoms with Gasteiger partial charge in [-0.15, -0.1) is 0 Å². The van der Waals surface area contributed by atoms with E-state index >= 15 is 0 Å². The van der Waals surface area contributed by atoms with Crippen LogP contribution in [-0.2, 0) is 0 Å². The lowest BCUT2D eigenvalue weighted by molar-refractivity contribution is 0.0951. The first kappa shape index (κ1) is 13.7. The molecule has 2 aromatic carbocycles. The van der Waals surface area contributed by atoms with Gasteiger partial charge in [0.1, 0.15) is 11.6 Å². The summed E-state index contributed by atoms with van der Waals surface area (Å²) in [7, 11) is 1.57. The van der Waals surface area contributed by atoms with Crippen molar-refractivity contribution in [2.75, 3.05) is 7.11 Å². The first-order valence-corrected chi connectivity index (χ1v) is 5.92. The molecule has 0 aliphatic heterocycles. The molecule has 0 saturated heterocycles. The van der Waals surface area contributed by atoms with Crippen LogP contribution in [0.1, 0.15) is 15.9 Å². The Kier molecular flexibility index (Phi) is 4.44. The van der Waals surface area contributed by atoms with E-state index in [4.69, 9.17) is 4.74 Å². The molecule has 20 heavy (non-hydrogen) atoms. The number of hydrogen-bond donors (Lipinski definition) is 1. The van der Waals surface area contributed by atoms with Gasteiger partial charge in [0.25, 0.3) is 5.91 Å². The van der Waals surface area contributed by atoms with E-state index in [0.717, 1.165) is 5.56 Å². The Labute approximate surface area is 115 Å². The van der Waals surface area contributed by atoms with Gasteiger partial charge in [0.2, 0.25) is 0 Å². The fourth-order valence-electron chi connectivity index (χ4n) is 1.59. The molecule has 2 aromatic rings. The molecule has 0 bridgehead atoms. The topological polar surface area (TPSA) is 50.7 Å². The lowest BCUT2D eigenvalue weighted by Gasteiger charge is -2.01. The Bertz CT molecular complexity index is 641. The Morgan fingerprint density at radius 2 is 2.05 bits per heavy atom. The van der Waals surface area contributed by atoms with Crippen molar-refractivity contribution in [2.24, 2.45) is 5.10 Å². The van der Waals surface area contributed by atoms with Crippen LogP contribution < -0.4 is 10.2 Å². The zero-order chi connectivity index (χ0) is 14.4. The number of hydrogen-bond acceptors (Lipinski definition) is 3. The van der Waals surface area contributed by atoms with E-state index in [2.05, 4.69) is 10.5 Å². The Hall–Kier alpha value is -2.69. The minimum atomic E-state index is -0.595. The van der Waals surface area contributed by atoms with Crippen LogP contribution >= 0.6 is 0 Å². The summed E-state index contributed by atoms with van der Waals surface area (Å²) in [5, 5.41) is 3.79. The molecule has 5 heteroatoms. The van der Waals surface area contributed by atoms with Gasteiger partial charge in [-0.1, -0.05) is 24.3 Å². The van der Waals surface area contributed by atoms with Crippen LogP contribution in [-0.4, -0.2) is 19.2 Å². The third-order valence-corrected chi connectivity index (χ3v) is 2.59. The predicted molar refractivity (Wildman–Crippen MR) is 74.5 cm³/mol. The first-order valence-electron chi connectivity index (χ1n) is 5.92. The molecule has 0 atom stereocenters. The molecular formula is C15H13FN2O2. The summed E-state index contributed by atoms with van der Waals surface area (Å²) in [5.41, 5.74) is 2.99. The number of benzene rings is 2. The van der Waals surface area contributed by atoms with Crippen molar-refractivity contribution in [1.29, 1.82) is 0 Å². The van der Waals surface area contributed by atoms with Crippen molar-refractivity contribution in [2.45, 2.75) is 0 Å². The third kappa shape index (κ3) is 3.41. The average Bonchev–Trinajstić information content (AvgIpc) is 2.48. The fraction of sp³-hybridized carbons (Fsp3) is 0.0667. The number of carbonyl (C=O) groups is 1. The normalized spacial score (nSPS) is 10.5. The van der Waals surface area contributed by atoms with Gasteiger partial charge in [0, 0.05) is 0 Å². The number of ether oxygens (including phenoxy) is 1. The molecule has 0 spiro atoms. The molecule has 0 unspecified atom stereocenters. The van der Waals surface area contributed by atoms with Crippen LogP contribution in [0.5, 0.6) is 5.75 Å². The van der Waals surface area contributed by atoms with Gasteiger partial charge >= 0.3 is 0 Å². The second kappa shape index (κ2) is 6.47. The van der Waals surface area contributed by atoms with Crippen LogP contribution in [0.25, 0.3) is 0 Å². The molecule has 0 aromatic heterocycles. The van der Waals surface area contributed by atoms with Crippen LogP contribution in [0, 0.1) is 5.82 Å². The van der Waals surface area contributed by atoms with Gasteiger partial charge in [0.15, 0.2) is 0 Å². The number of methoxy groups -OCH3 is 1. The van der Waals surface area contributed by atoms with Crippen LogP contribution in [0.15, 0.2) is 53.6 Å². The lowest BCUT2D eigenvalue weighted by atomic mass is 10.2. The van der Waals surface area contributed by atoms with Crippen LogP contribution in [0.3, 0.4) is 0 Å². The number of hydrazone groups is 1. The van der Waals surface area contributed by atoms with Gasteiger partial charge in [-0.3, -0.25) is 4.79 Å². The van der Waals surface area contributed by atoms with Gasteiger partial charge in [0.05, 0.1) is 18.9 Å². The Balaban J connectivity index is 2.03. The number of nitrogens with zero attached hydrogens (tertiary/aromatic N) is 1. The van der Waals surface area contributed by atoms with E-state index in [1.807, 2.05) is 0 Å². The number of carbonyl (C=O) groups excluding carboxylic acids is 1. The highest BCUT2D eigenvalue weighted by atomic mass is 19.1. The molecule has 102 valence electrons. The molecule has 1 amide bonds. The van der Waals surface area contributed by atoms with E-state index in [1.165, 1.54) is 24.4 Å². The van der Waals surface area contributed by atoms with Crippen molar-refractivity contribution < 1.29 is 13.9 Å². The molecule has 0 heterocycles. The first-order chi connectivity index (χ1) is 9.70. The second-order valence-corrected chi connectivity index (χ2v) is 3.96. The van der Waals surface area contributed by atoms with Crippen LogP contribution in [0.4, 0.5) is 4.39 Å². The third-order valence-electron chi connectivity index (χ3n) is 2.59. The fourth-order valence-corrected chi connectivity index (χ4v) is 1.59. The van der Waals surface area contributed by atoms with Crippen molar-refractivity contribution in [3.05, 3.63) is 65.5 Å². The minimum absolute atomic E-state index is 0.0460. The molecule has 0 aliphatic rings. The molecule has 2 rings (SSSR count). The summed E-state index contributed by atoms with van der Waals surface area (Å²) < 4.78 is 18.4. The predicted octanol–water partition coefficient (Wildman–Crippen LogP) is 2.60. The molecule has 0 saturated carbocycles. The highest BCUT2D eigenvalue weighted by Gasteiger charge is 2.08. The highest BCUT2D eigenvalue weighted by Crippen LogP contribution is 2.10. The van der Waals surface area contributed by atoms with E-state index in [-0.39, 0.29) is 5.56 Å². The van der Waals surface area contributed by atoms with Gasteiger partial charge in [-0.05, 0) is 29.8 Å². The summed E-state index contributed by atoms with van der Waals surface area (Å²) in [4.78, 5) is 11.7. The SMILES string of the molecule is COc1cccc(C=NNC(=O)c2ccccc2F)c1. The van der Waals surface area contributed by atoms with Crippen LogP contribution in [0.2, 0.25) is 0 Å². The summed E-state index contributed by atoms with van der Waals surface area (Å²) >= 11 is 0. The number of rotatable bonds is 4. The summed E-state index contributed by atoms with van der Waals surface area (Å²) in [6.45, 7) is 0. The maximum absolute atomic E-state index is 13.4. The standard InChI is InChI=1S/C15H13FN2O2/c1-20-12-6-4-5-11(9-12)10-17-18-15(19)13-7-2-3-8-14(13)16/h2-10H,1H3,(H,18,19). The van der Waals surface area contributed by atoms with Gasteiger partial charge in [-0.2, -0.15) is 5.10 Å². The lowest BCUT2D eigenvalue weighted by Crippen LogP contribution is -2.18. The van der Waals surface area contributed by atoms with Crippen molar-refractivity contribution >= 4 is 12.1 Å². The smallest absolute Gasteiger partial charge is 0.274 e. The minimum Gasteiger partial charge on any atom is -0.497 e. The van der Waals surface area contributed by atoms with E-state index in [1.54, 1.807) is 37.4 Å². The maximum Gasteiger partial charge on any atom is 0.274 e. The maximum atomic E-state index is 13.4. The largest absolute Gasteiger partial charge is 0.497 e. The summed E-state index contributed by atoms with van der Waals surface area (Å²) in [6, 6.07) is 12.9. The van der Waals surface area contributed by atoms with Crippen molar-refractivity contribution in [1.82, 2.24) is 5.43 Å². The molecule has 0 fully saturated rings. The number of nitrogens with one attached hydrogen (secondary N) is 1. The van der Waals surface area contributed by atoms with Crippen molar-refractivity contribution in [3.63, 3.8) is 0 Å². The van der Waals surface area contributed by atoms with Gasteiger partial charge < -0.3 is 4.74 Å². The zero-order valence-corrected chi connectivity index (χ0v) is 10.8. The summed E-state index contributed by atoms with van der Waals surface area (Å²) in [5.74, 6) is -0.488. The van der Waals surface area contributed by atoms with Gasteiger partial charge in [-0.25, -0.2) is 9.82 Å². The molecular weight excluding hydrogens is 259 g/mol. The molecule has 4 nitrogen and oxygen atoms in total. The Morgan fingerprint density at radius 1 is 1.25 bits per heavy atom. The number of halogens is 1. The monoisotopic (exact) mass is 272 g/mol. The van der Waals surface area contributed by atoms with Crippen molar-refractivity contribution in [3.8, 4) is 5.75 Å². The molecule has 0 radical (unpaired) electrons. The van der Waals surface area contributed by atoms with E-state index in [9.17, 15) is 9.18 Å². The van der Waals surface area contributed by atoms with E-state index in [0.29, 0.717) is 5.75 Å². The molecule has 1 N–H and O–H groups in total. The Morgan fingerprint density at radius 3 is 2.80 bits per heavy atom. The van der Waals surface area contributed by atoms with E-state index < -0.39 is 11.7 Å². The zero-order valence-electron chi connectivity index (χ0n) is 10.8. The number of amides is 1. The quantitative estimate of drug-likeness (QED) is 0.687. The average molecular weight is 272 g/mol. The second-order valence-electron chi connectivity index (χ2n) is 3.96. The highest BCUT2D eigenvalue weighted by molar-refractivity contribution is 5.95. The molecule has 0 aliphatic carbocycles.